The van der Waals surface area contributed by atoms with Crippen LogP contribution in [0.1, 0.15) is 27.5 Å². The van der Waals surface area contributed by atoms with Crippen molar-refractivity contribution in [3.8, 4) is 0 Å². The zero-order valence-electron chi connectivity index (χ0n) is 15.1. The highest BCUT2D eigenvalue weighted by molar-refractivity contribution is 7.99. The third-order valence-corrected chi connectivity index (χ3v) is 5.65. The summed E-state index contributed by atoms with van der Waals surface area (Å²) in [7, 11) is 0. The van der Waals surface area contributed by atoms with Gasteiger partial charge in [0.25, 0.3) is 5.91 Å². The lowest BCUT2D eigenvalue weighted by Crippen LogP contribution is -2.22. The van der Waals surface area contributed by atoms with Crippen molar-refractivity contribution in [2.45, 2.75) is 24.7 Å². The molecule has 2 aromatic heterocycles. The lowest BCUT2D eigenvalue weighted by Gasteiger charge is -2.03. The predicted molar refractivity (Wildman–Crippen MR) is 107 cm³/mol. The molecule has 1 amide bonds. The number of carbonyl (C=O) groups excluding carboxylic acids is 1. The van der Waals surface area contributed by atoms with Crippen molar-refractivity contribution in [1.29, 1.82) is 0 Å². The molecule has 7 heteroatoms. The highest BCUT2D eigenvalue weighted by atomic mass is 32.2. The van der Waals surface area contributed by atoms with Crippen LogP contribution in [0.3, 0.4) is 0 Å². The van der Waals surface area contributed by atoms with E-state index in [1.54, 1.807) is 30.0 Å². The van der Waals surface area contributed by atoms with Crippen molar-refractivity contribution >= 4 is 28.8 Å². The molecule has 0 radical (unpaired) electrons. The number of rotatable bonds is 5. The minimum atomic E-state index is -0.143. The Bertz CT molecular complexity index is 1130. The van der Waals surface area contributed by atoms with Gasteiger partial charge in [-0.15, -0.1) is 0 Å². The van der Waals surface area contributed by atoms with Crippen molar-refractivity contribution < 1.29 is 9.21 Å². The minimum Gasteiger partial charge on any atom is -0.440 e. The number of thioether (sulfide) groups is 1. The van der Waals surface area contributed by atoms with Crippen molar-refractivity contribution in [2.24, 2.45) is 0 Å². The van der Waals surface area contributed by atoms with E-state index in [1.165, 1.54) is 0 Å². The van der Waals surface area contributed by atoms with Crippen LogP contribution in [-0.4, -0.2) is 26.2 Å². The number of aromatic nitrogens is 3. The molecule has 0 saturated carbocycles. The van der Waals surface area contributed by atoms with Crippen LogP contribution in [0, 0.1) is 0 Å². The van der Waals surface area contributed by atoms with Crippen molar-refractivity contribution in [3.63, 3.8) is 0 Å². The normalized spacial score (nSPS) is 13.0. The van der Waals surface area contributed by atoms with E-state index in [4.69, 9.17) is 4.42 Å². The molecular weight excluding hydrogens is 372 g/mol. The Kier molecular flexibility index (Phi) is 4.37. The van der Waals surface area contributed by atoms with Crippen LogP contribution < -0.4 is 5.32 Å². The second-order valence-electron chi connectivity index (χ2n) is 6.69. The Hall–Kier alpha value is -3.06. The van der Waals surface area contributed by atoms with Crippen LogP contribution in [0.5, 0.6) is 0 Å². The summed E-state index contributed by atoms with van der Waals surface area (Å²) in [5.41, 5.74) is 3.95. The molecule has 0 aliphatic carbocycles. The summed E-state index contributed by atoms with van der Waals surface area (Å²) < 4.78 is 7.94. The van der Waals surface area contributed by atoms with Gasteiger partial charge < -0.3 is 14.3 Å². The van der Waals surface area contributed by atoms with Gasteiger partial charge >= 0.3 is 0 Å². The molecule has 0 fully saturated rings. The molecular formula is C21H18N4O2S. The summed E-state index contributed by atoms with van der Waals surface area (Å²) in [6.45, 7) is 1.39. The second-order valence-corrected chi connectivity index (χ2v) is 7.75. The number of hydrogen-bond donors (Lipinski definition) is 1. The lowest BCUT2D eigenvalue weighted by atomic mass is 10.1. The second kappa shape index (κ2) is 7.16. The van der Waals surface area contributed by atoms with E-state index in [0.717, 1.165) is 28.7 Å². The third kappa shape index (κ3) is 3.41. The average molecular weight is 390 g/mol. The minimum absolute atomic E-state index is 0.143. The van der Waals surface area contributed by atoms with Gasteiger partial charge in [-0.1, -0.05) is 42.1 Å². The highest BCUT2D eigenvalue weighted by Crippen LogP contribution is 2.24. The van der Waals surface area contributed by atoms with Crippen LogP contribution in [0.4, 0.5) is 0 Å². The van der Waals surface area contributed by atoms with Crippen molar-refractivity contribution in [2.75, 3.05) is 5.75 Å². The molecule has 0 bridgehead atoms. The summed E-state index contributed by atoms with van der Waals surface area (Å²) in [5, 5.41) is 3.96. The van der Waals surface area contributed by atoms with E-state index in [2.05, 4.69) is 19.9 Å². The van der Waals surface area contributed by atoms with E-state index in [1.807, 2.05) is 36.5 Å². The zero-order valence-corrected chi connectivity index (χ0v) is 15.9. The van der Waals surface area contributed by atoms with E-state index < -0.39 is 0 Å². The molecule has 1 aliphatic heterocycles. The largest absolute Gasteiger partial charge is 0.440 e. The predicted octanol–water partition coefficient (Wildman–Crippen LogP) is 3.65. The molecule has 140 valence electrons. The molecule has 1 aliphatic rings. The fourth-order valence-corrected chi connectivity index (χ4v) is 4.24. The number of amides is 1. The summed E-state index contributed by atoms with van der Waals surface area (Å²) in [5.74, 6) is 1.57. The molecule has 0 saturated heterocycles. The summed E-state index contributed by atoms with van der Waals surface area (Å²) in [6.07, 6.45) is 2.63. The van der Waals surface area contributed by atoms with Crippen LogP contribution in [-0.2, 0) is 19.5 Å². The molecule has 3 heterocycles. The Morgan fingerprint density at radius 3 is 2.93 bits per heavy atom. The lowest BCUT2D eigenvalue weighted by molar-refractivity contribution is 0.0950. The first kappa shape index (κ1) is 17.1. The van der Waals surface area contributed by atoms with Gasteiger partial charge in [0.1, 0.15) is 5.52 Å². The summed E-state index contributed by atoms with van der Waals surface area (Å²) in [6, 6.07) is 15.4. The van der Waals surface area contributed by atoms with Crippen LogP contribution >= 0.6 is 11.8 Å². The van der Waals surface area contributed by atoms with Crippen LogP contribution in [0.15, 0.2) is 64.3 Å². The topological polar surface area (TPSA) is 73.0 Å². The quantitative estimate of drug-likeness (QED) is 0.563. The number of carbonyl (C=O) groups is 1. The number of oxazole rings is 1. The van der Waals surface area contributed by atoms with Crippen molar-refractivity contribution in [3.05, 3.63) is 77.4 Å². The van der Waals surface area contributed by atoms with E-state index in [9.17, 15) is 4.79 Å². The van der Waals surface area contributed by atoms with E-state index in [-0.39, 0.29) is 5.91 Å². The van der Waals surface area contributed by atoms with Crippen LogP contribution in [0.2, 0.25) is 0 Å². The van der Waals surface area contributed by atoms with Crippen LogP contribution in [0.25, 0.3) is 11.1 Å². The Labute approximate surface area is 166 Å². The first-order chi connectivity index (χ1) is 13.7. The fourth-order valence-electron chi connectivity index (χ4n) is 3.28. The molecule has 0 atom stereocenters. The third-order valence-electron chi connectivity index (χ3n) is 4.68. The number of imidazole rings is 1. The molecule has 0 unspecified atom stereocenters. The molecule has 1 N–H and O–H groups in total. The standard InChI is InChI=1S/C21H18N4O2S/c26-20(22-12-16-13-25-8-9-28-21(25)23-16)15-6-7-18-17(11-15)24-19(27-18)10-14-4-2-1-3-5-14/h1-7,11,13H,8-10,12H2,(H,22,26). The Morgan fingerprint density at radius 2 is 2.07 bits per heavy atom. The number of aryl methyl sites for hydroxylation is 1. The highest BCUT2D eigenvalue weighted by Gasteiger charge is 2.15. The summed E-state index contributed by atoms with van der Waals surface area (Å²) in [4.78, 5) is 21.6. The van der Waals surface area contributed by atoms with Gasteiger partial charge in [0.2, 0.25) is 0 Å². The maximum atomic E-state index is 12.5. The number of benzene rings is 2. The van der Waals surface area contributed by atoms with Gasteiger partial charge in [0, 0.05) is 30.5 Å². The molecule has 2 aromatic carbocycles. The zero-order chi connectivity index (χ0) is 18.9. The van der Waals surface area contributed by atoms with Gasteiger partial charge in [-0.25, -0.2) is 9.97 Å². The number of nitrogens with one attached hydrogen (secondary N) is 1. The molecule has 0 spiro atoms. The molecule has 5 rings (SSSR count). The first-order valence-corrected chi connectivity index (χ1v) is 10.1. The van der Waals surface area contributed by atoms with Gasteiger partial charge in [-0.2, -0.15) is 0 Å². The fraction of sp³-hybridized carbons (Fsp3) is 0.190. The van der Waals surface area contributed by atoms with Gasteiger partial charge in [0.15, 0.2) is 16.6 Å². The monoisotopic (exact) mass is 390 g/mol. The average Bonchev–Trinajstić information content (AvgIpc) is 3.40. The molecule has 6 nitrogen and oxygen atoms in total. The Morgan fingerprint density at radius 1 is 1.18 bits per heavy atom. The maximum absolute atomic E-state index is 12.5. The van der Waals surface area contributed by atoms with Gasteiger partial charge in [-0.3, -0.25) is 4.79 Å². The number of hydrogen-bond acceptors (Lipinski definition) is 5. The smallest absolute Gasteiger partial charge is 0.251 e. The summed E-state index contributed by atoms with van der Waals surface area (Å²) >= 11 is 1.74. The molecule has 4 aromatic rings. The number of fused-ring (bicyclic) bond motifs is 2. The van der Waals surface area contributed by atoms with Gasteiger partial charge in [0.05, 0.1) is 12.2 Å². The van der Waals surface area contributed by atoms with Crippen molar-refractivity contribution in [1.82, 2.24) is 19.9 Å². The maximum Gasteiger partial charge on any atom is 0.251 e. The van der Waals surface area contributed by atoms with E-state index in [0.29, 0.717) is 35.5 Å². The Balaban J connectivity index is 1.29. The molecule has 28 heavy (non-hydrogen) atoms. The van der Waals surface area contributed by atoms with Gasteiger partial charge in [-0.05, 0) is 23.8 Å². The SMILES string of the molecule is O=C(NCc1cn2c(n1)SCC2)c1ccc2oc(Cc3ccccc3)nc2c1. The van der Waals surface area contributed by atoms with E-state index >= 15 is 0 Å². The number of nitrogens with zero attached hydrogens (tertiary/aromatic N) is 3. The first-order valence-electron chi connectivity index (χ1n) is 9.15.